The van der Waals surface area contributed by atoms with Crippen molar-refractivity contribution in [1.29, 1.82) is 0 Å². The third-order valence-electron chi connectivity index (χ3n) is 3.27. The molecule has 1 amide bonds. The highest BCUT2D eigenvalue weighted by Gasteiger charge is 2.22. The molecule has 6 nitrogen and oxygen atoms in total. The Balaban J connectivity index is 1.74. The number of amides is 1. The summed E-state index contributed by atoms with van der Waals surface area (Å²) < 4.78 is 0. The highest BCUT2D eigenvalue weighted by atomic mass is 32.2. The van der Waals surface area contributed by atoms with Crippen LogP contribution in [0, 0.1) is 5.92 Å². The lowest BCUT2D eigenvalue weighted by Crippen LogP contribution is -2.41. The van der Waals surface area contributed by atoms with Gasteiger partial charge in [0.1, 0.15) is 0 Å². The number of nitrogens with two attached hydrogens (primary N) is 1. The van der Waals surface area contributed by atoms with Crippen LogP contribution in [0.4, 0.5) is 5.95 Å². The van der Waals surface area contributed by atoms with Crippen LogP contribution < -0.4 is 11.1 Å². The van der Waals surface area contributed by atoms with Gasteiger partial charge in [0.05, 0.1) is 5.75 Å². The number of aromatic nitrogens is 3. The summed E-state index contributed by atoms with van der Waals surface area (Å²) in [7, 11) is 0. The summed E-state index contributed by atoms with van der Waals surface area (Å²) in [6.07, 6.45) is 4.78. The van der Waals surface area contributed by atoms with Crippen molar-refractivity contribution in [3.05, 3.63) is 0 Å². The first-order valence-electron chi connectivity index (χ1n) is 6.25. The standard InChI is InChI=1S/C11H19N5OS/c1-7-4-2-3-5-8(7)13-9(17)6-18-11-14-10(12)15-16-11/h7-8H,2-6H2,1H3,(H,13,17)(H3,12,14,15,16)/t7-,8+/m0/s1. The Morgan fingerprint density at radius 1 is 1.56 bits per heavy atom. The maximum Gasteiger partial charge on any atom is 0.230 e. The number of aromatic amines is 1. The van der Waals surface area contributed by atoms with E-state index in [1.807, 2.05) is 0 Å². The molecule has 7 heteroatoms. The topological polar surface area (TPSA) is 96.7 Å². The predicted molar refractivity (Wildman–Crippen MR) is 71.1 cm³/mol. The molecule has 0 saturated heterocycles. The fourth-order valence-electron chi connectivity index (χ4n) is 2.23. The van der Waals surface area contributed by atoms with Crippen LogP contribution in [0.5, 0.6) is 0 Å². The lowest BCUT2D eigenvalue weighted by molar-refractivity contribution is -0.119. The highest BCUT2D eigenvalue weighted by molar-refractivity contribution is 7.99. The zero-order valence-electron chi connectivity index (χ0n) is 10.5. The number of hydrogen-bond donors (Lipinski definition) is 3. The number of carbonyl (C=O) groups is 1. The van der Waals surface area contributed by atoms with Crippen LogP contribution in [0.1, 0.15) is 32.6 Å². The van der Waals surface area contributed by atoms with Crippen molar-refractivity contribution in [2.24, 2.45) is 5.92 Å². The van der Waals surface area contributed by atoms with Gasteiger partial charge in [-0.15, -0.1) is 5.10 Å². The minimum absolute atomic E-state index is 0.0436. The fourth-order valence-corrected chi connectivity index (χ4v) is 2.85. The summed E-state index contributed by atoms with van der Waals surface area (Å²) in [5, 5.41) is 10.0. The van der Waals surface area contributed by atoms with E-state index in [0.29, 0.717) is 22.9 Å². The smallest absolute Gasteiger partial charge is 0.230 e. The molecule has 2 atom stereocenters. The Morgan fingerprint density at radius 3 is 3.00 bits per heavy atom. The first kappa shape index (κ1) is 13.2. The molecule has 0 spiro atoms. The van der Waals surface area contributed by atoms with Gasteiger partial charge in [-0.05, 0) is 18.8 Å². The number of anilines is 1. The summed E-state index contributed by atoms with van der Waals surface area (Å²) in [4.78, 5) is 15.7. The van der Waals surface area contributed by atoms with Gasteiger partial charge in [-0.3, -0.25) is 4.79 Å². The lowest BCUT2D eigenvalue weighted by Gasteiger charge is -2.29. The van der Waals surface area contributed by atoms with Crippen molar-refractivity contribution >= 4 is 23.6 Å². The van der Waals surface area contributed by atoms with E-state index in [1.165, 1.54) is 31.0 Å². The van der Waals surface area contributed by atoms with Gasteiger partial charge in [-0.1, -0.05) is 31.5 Å². The van der Waals surface area contributed by atoms with Crippen LogP contribution in [-0.2, 0) is 4.79 Å². The molecular weight excluding hydrogens is 250 g/mol. The van der Waals surface area contributed by atoms with Crippen molar-refractivity contribution in [2.45, 2.75) is 43.8 Å². The van der Waals surface area contributed by atoms with Crippen molar-refractivity contribution in [2.75, 3.05) is 11.5 Å². The minimum Gasteiger partial charge on any atom is -0.368 e. The predicted octanol–water partition coefficient (Wildman–Crippen LogP) is 1.17. The monoisotopic (exact) mass is 269 g/mol. The summed E-state index contributed by atoms with van der Waals surface area (Å²) in [5.74, 6) is 1.23. The van der Waals surface area contributed by atoms with E-state index >= 15 is 0 Å². The van der Waals surface area contributed by atoms with Crippen LogP contribution in [0.25, 0.3) is 0 Å². The van der Waals surface area contributed by atoms with Crippen LogP contribution in [0.3, 0.4) is 0 Å². The Kier molecular flexibility index (Phi) is 4.46. The minimum atomic E-state index is 0.0436. The van der Waals surface area contributed by atoms with Gasteiger partial charge in [0.15, 0.2) is 0 Å². The number of nitrogens with zero attached hydrogens (tertiary/aromatic N) is 2. The van der Waals surface area contributed by atoms with Crippen molar-refractivity contribution in [1.82, 2.24) is 20.5 Å². The molecular formula is C11H19N5OS. The number of H-pyrrole nitrogens is 1. The molecule has 18 heavy (non-hydrogen) atoms. The lowest BCUT2D eigenvalue weighted by atomic mass is 9.86. The molecule has 0 radical (unpaired) electrons. The third kappa shape index (κ3) is 3.63. The molecule has 0 unspecified atom stereocenters. The van der Waals surface area contributed by atoms with Crippen LogP contribution in [0.2, 0.25) is 0 Å². The Bertz CT molecular complexity index is 408. The number of thioether (sulfide) groups is 1. The molecule has 1 saturated carbocycles. The van der Waals surface area contributed by atoms with Crippen molar-refractivity contribution in [3.63, 3.8) is 0 Å². The Labute approximate surface area is 111 Å². The SMILES string of the molecule is C[C@H]1CCCC[C@H]1NC(=O)CSc1n[nH]c(N)n1. The molecule has 1 aliphatic rings. The molecule has 1 aromatic rings. The van der Waals surface area contributed by atoms with E-state index in [0.717, 1.165) is 6.42 Å². The Morgan fingerprint density at radius 2 is 2.33 bits per heavy atom. The van der Waals surface area contributed by atoms with Gasteiger partial charge in [-0.25, -0.2) is 5.10 Å². The summed E-state index contributed by atoms with van der Waals surface area (Å²) in [6, 6.07) is 0.323. The fraction of sp³-hybridized carbons (Fsp3) is 0.727. The number of nitrogen functional groups attached to an aromatic ring is 1. The molecule has 0 aromatic carbocycles. The molecule has 0 aliphatic heterocycles. The number of hydrogen-bond acceptors (Lipinski definition) is 5. The van der Waals surface area contributed by atoms with Crippen molar-refractivity contribution in [3.8, 4) is 0 Å². The van der Waals surface area contributed by atoms with Gasteiger partial charge in [0.25, 0.3) is 0 Å². The van der Waals surface area contributed by atoms with Crippen LogP contribution >= 0.6 is 11.8 Å². The maximum atomic E-state index is 11.8. The third-order valence-corrected chi connectivity index (χ3v) is 4.12. The molecule has 1 fully saturated rings. The zero-order chi connectivity index (χ0) is 13.0. The van der Waals surface area contributed by atoms with Gasteiger partial charge in [0.2, 0.25) is 17.0 Å². The van der Waals surface area contributed by atoms with Crippen LogP contribution in [0.15, 0.2) is 5.16 Å². The zero-order valence-corrected chi connectivity index (χ0v) is 11.3. The van der Waals surface area contributed by atoms with E-state index in [4.69, 9.17) is 5.73 Å². The normalized spacial score (nSPS) is 23.8. The molecule has 100 valence electrons. The van der Waals surface area contributed by atoms with Gasteiger partial charge >= 0.3 is 0 Å². The second kappa shape index (κ2) is 6.08. The van der Waals surface area contributed by atoms with Gasteiger partial charge in [-0.2, -0.15) is 4.98 Å². The summed E-state index contributed by atoms with van der Waals surface area (Å²) in [5.41, 5.74) is 5.41. The largest absolute Gasteiger partial charge is 0.368 e. The molecule has 1 aliphatic carbocycles. The number of carbonyl (C=O) groups excluding carboxylic acids is 1. The van der Waals surface area contributed by atoms with E-state index in [1.54, 1.807) is 0 Å². The van der Waals surface area contributed by atoms with E-state index in [-0.39, 0.29) is 11.9 Å². The molecule has 0 bridgehead atoms. The summed E-state index contributed by atoms with van der Waals surface area (Å²) >= 11 is 1.29. The summed E-state index contributed by atoms with van der Waals surface area (Å²) in [6.45, 7) is 2.20. The van der Waals surface area contributed by atoms with Crippen molar-refractivity contribution < 1.29 is 4.79 Å². The number of rotatable bonds is 4. The van der Waals surface area contributed by atoms with E-state index in [2.05, 4.69) is 27.4 Å². The maximum absolute atomic E-state index is 11.8. The highest BCUT2D eigenvalue weighted by Crippen LogP contribution is 2.23. The molecule has 1 aromatic heterocycles. The average molecular weight is 269 g/mol. The first-order chi connectivity index (χ1) is 8.65. The van der Waals surface area contributed by atoms with Gasteiger partial charge in [0, 0.05) is 6.04 Å². The quantitative estimate of drug-likeness (QED) is 0.713. The Hall–Kier alpha value is -1.24. The molecule has 2 rings (SSSR count). The molecule has 4 N–H and O–H groups in total. The first-order valence-corrected chi connectivity index (χ1v) is 7.24. The van der Waals surface area contributed by atoms with E-state index < -0.39 is 0 Å². The van der Waals surface area contributed by atoms with Gasteiger partial charge < -0.3 is 11.1 Å². The molecule has 1 heterocycles. The van der Waals surface area contributed by atoms with E-state index in [9.17, 15) is 4.79 Å². The second-order valence-corrected chi connectivity index (χ2v) is 5.67. The van der Waals surface area contributed by atoms with Crippen LogP contribution in [-0.4, -0.2) is 32.9 Å². The number of nitrogens with one attached hydrogen (secondary N) is 2. The average Bonchev–Trinajstić information content (AvgIpc) is 2.76. The second-order valence-electron chi connectivity index (χ2n) is 4.73.